The first kappa shape index (κ1) is 27.6. The van der Waals surface area contributed by atoms with Crippen LogP contribution in [0.4, 0.5) is 8.78 Å². The van der Waals surface area contributed by atoms with Crippen molar-refractivity contribution in [2.75, 3.05) is 19.8 Å². The second-order valence-corrected chi connectivity index (χ2v) is 12.2. The van der Waals surface area contributed by atoms with Gasteiger partial charge in [-0.3, -0.25) is 4.99 Å². The topological polar surface area (TPSA) is 68.9 Å². The van der Waals surface area contributed by atoms with Crippen molar-refractivity contribution in [2.24, 2.45) is 10.9 Å². The predicted octanol–water partition coefficient (Wildman–Crippen LogP) is 6.78. The Kier molecular flexibility index (Phi) is 8.43. The maximum absolute atomic E-state index is 14.0. The molecule has 4 heterocycles. The fourth-order valence-electron chi connectivity index (χ4n) is 5.88. The van der Waals surface area contributed by atoms with Gasteiger partial charge in [0.1, 0.15) is 23.9 Å². The lowest BCUT2D eigenvalue weighted by Crippen LogP contribution is -2.42. The molecule has 0 aliphatic carbocycles. The van der Waals surface area contributed by atoms with Gasteiger partial charge in [0.2, 0.25) is 0 Å². The van der Waals surface area contributed by atoms with Crippen molar-refractivity contribution >= 4 is 34.9 Å². The molecule has 2 saturated heterocycles. The van der Waals surface area contributed by atoms with Gasteiger partial charge < -0.3 is 20.2 Å². The molecule has 4 atom stereocenters. The third-order valence-electron chi connectivity index (χ3n) is 7.68. The van der Waals surface area contributed by atoms with Gasteiger partial charge in [-0.2, -0.15) is 0 Å². The number of alkyl halides is 1. The largest absolute Gasteiger partial charge is 0.388 e. The fraction of sp³-hybridized carbons (Fsp3) is 0.517. The standard InChI is InChI=1S/C29H34ClF2N3O2S/c1-18(31)4-2-5-23(33)26-24-16-29(36,15-19-9-11-37-12-10-19)17-35(24)28(25-6-3-13-38-25)34-27(26)21-8-7-20(32)14-22(21)30/h2-3,5,7-8,13-14,18-19,25,27,33,36H,4,6,9-12,15-17H2,1H3/b5-2-,33-23?/t18?,25?,27-,29-/m0/s1. The number of rotatable bonds is 8. The number of nitrogens with zero attached hydrogens (tertiary/aromatic N) is 2. The summed E-state index contributed by atoms with van der Waals surface area (Å²) in [7, 11) is 0. The number of nitrogens with one attached hydrogen (secondary N) is 1. The molecule has 0 amide bonds. The zero-order valence-electron chi connectivity index (χ0n) is 21.5. The summed E-state index contributed by atoms with van der Waals surface area (Å²) in [4.78, 5) is 7.27. The molecular formula is C29H34ClF2N3O2S. The van der Waals surface area contributed by atoms with E-state index in [0.717, 1.165) is 30.8 Å². The minimum absolute atomic E-state index is 0.0795. The molecule has 1 aromatic rings. The summed E-state index contributed by atoms with van der Waals surface area (Å²) in [6.45, 7) is 3.31. The Morgan fingerprint density at radius 2 is 2.18 bits per heavy atom. The summed E-state index contributed by atoms with van der Waals surface area (Å²) in [5, 5.41) is 23.3. The number of ether oxygens (including phenoxy) is 1. The molecule has 2 fully saturated rings. The van der Waals surface area contributed by atoms with E-state index in [2.05, 4.69) is 16.4 Å². The lowest BCUT2D eigenvalue weighted by Gasteiger charge is -2.36. The van der Waals surface area contributed by atoms with E-state index in [4.69, 9.17) is 26.7 Å². The van der Waals surface area contributed by atoms with Crippen molar-refractivity contribution in [1.82, 2.24) is 4.90 Å². The van der Waals surface area contributed by atoms with Gasteiger partial charge in [0.05, 0.1) is 23.1 Å². The number of thioether (sulfide) groups is 1. The molecule has 1 aromatic carbocycles. The van der Waals surface area contributed by atoms with Crippen LogP contribution >= 0.6 is 23.4 Å². The van der Waals surface area contributed by atoms with Crippen molar-refractivity contribution < 1.29 is 18.6 Å². The first-order valence-corrected chi connectivity index (χ1v) is 14.6. The molecule has 0 radical (unpaired) electrons. The fourth-order valence-corrected chi connectivity index (χ4v) is 7.10. The van der Waals surface area contributed by atoms with Gasteiger partial charge >= 0.3 is 0 Å². The molecule has 38 heavy (non-hydrogen) atoms. The van der Waals surface area contributed by atoms with E-state index in [0.29, 0.717) is 49.7 Å². The molecule has 204 valence electrons. The van der Waals surface area contributed by atoms with E-state index in [1.807, 2.05) is 0 Å². The van der Waals surface area contributed by atoms with Crippen LogP contribution in [-0.4, -0.2) is 58.3 Å². The van der Waals surface area contributed by atoms with E-state index >= 15 is 0 Å². The molecule has 4 aliphatic rings. The van der Waals surface area contributed by atoms with Gasteiger partial charge in [-0.05, 0) is 68.6 Å². The summed E-state index contributed by atoms with van der Waals surface area (Å²) in [5.74, 6) is 0.778. The molecule has 5 rings (SSSR count). The molecule has 0 spiro atoms. The van der Waals surface area contributed by atoms with Gasteiger partial charge in [0.25, 0.3) is 0 Å². The van der Waals surface area contributed by atoms with Crippen molar-refractivity contribution in [3.63, 3.8) is 0 Å². The zero-order valence-corrected chi connectivity index (χ0v) is 23.1. The highest BCUT2D eigenvalue weighted by Crippen LogP contribution is 2.47. The average molecular weight is 562 g/mol. The van der Waals surface area contributed by atoms with E-state index in [1.165, 1.54) is 19.1 Å². The van der Waals surface area contributed by atoms with Gasteiger partial charge in [0, 0.05) is 41.5 Å². The van der Waals surface area contributed by atoms with E-state index in [9.17, 15) is 13.9 Å². The lowest BCUT2D eigenvalue weighted by molar-refractivity contribution is -0.00198. The Labute approximate surface area is 232 Å². The first-order chi connectivity index (χ1) is 18.2. The first-order valence-electron chi connectivity index (χ1n) is 13.3. The van der Waals surface area contributed by atoms with Gasteiger partial charge in [-0.15, -0.1) is 11.8 Å². The Balaban J connectivity index is 1.59. The van der Waals surface area contributed by atoms with Gasteiger partial charge in [0.15, 0.2) is 0 Å². The van der Waals surface area contributed by atoms with Crippen LogP contribution in [0.2, 0.25) is 5.02 Å². The van der Waals surface area contributed by atoms with Crippen LogP contribution < -0.4 is 0 Å². The Bertz CT molecular complexity index is 1190. The summed E-state index contributed by atoms with van der Waals surface area (Å²) in [5.41, 5.74) is 1.32. The molecular weight excluding hydrogens is 528 g/mol. The van der Waals surface area contributed by atoms with Crippen molar-refractivity contribution in [2.45, 2.75) is 68.5 Å². The number of hydrogen-bond acceptors (Lipinski definition) is 6. The zero-order chi connectivity index (χ0) is 26.9. The van der Waals surface area contributed by atoms with E-state index in [-0.39, 0.29) is 22.4 Å². The highest BCUT2D eigenvalue weighted by Gasteiger charge is 2.48. The monoisotopic (exact) mass is 561 g/mol. The molecule has 9 heteroatoms. The van der Waals surface area contributed by atoms with E-state index in [1.54, 1.807) is 30.0 Å². The number of amidine groups is 1. The number of halogens is 3. The van der Waals surface area contributed by atoms with Crippen LogP contribution in [-0.2, 0) is 4.74 Å². The number of allylic oxidation sites excluding steroid dienone is 3. The van der Waals surface area contributed by atoms with Crippen molar-refractivity contribution in [1.29, 1.82) is 5.41 Å². The van der Waals surface area contributed by atoms with E-state index < -0.39 is 23.6 Å². The molecule has 4 aliphatic heterocycles. The maximum atomic E-state index is 14.0. The van der Waals surface area contributed by atoms with Gasteiger partial charge in [-0.25, -0.2) is 8.78 Å². The number of hydrogen-bond donors (Lipinski definition) is 2. The molecule has 2 N–H and O–H groups in total. The van der Waals surface area contributed by atoms with Crippen LogP contribution in [0.15, 0.2) is 58.1 Å². The Hall–Kier alpha value is -2.00. The lowest BCUT2D eigenvalue weighted by atomic mass is 9.83. The summed E-state index contributed by atoms with van der Waals surface area (Å²) < 4.78 is 33.0. The Morgan fingerprint density at radius 1 is 1.39 bits per heavy atom. The summed E-state index contributed by atoms with van der Waals surface area (Å²) >= 11 is 8.24. The molecule has 5 nitrogen and oxygen atoms in total. The second kappa shape index (κ2) is 11.6. The highest BCUT2D eigenvalue weighted by atomic mass is 35.5. The SMILES string of the molecule is CC(F)C/C=C\C(=N)C1=C2C[C@@](O)(CC3CCOCC3)CN2C(C2CC=CS2)=N[C@H]1c1ccc(F)cc1Cl. The third kappa shape index (κ3) is 5.93. The second-order valence-electron chi connectivity index (χ2n) is 10.7. The number of fused-ring (bicyclic) bond motifs is 1. The van der Waals surface area contributed by atoms with Gasteiger partial charge in [-0.1, -0.05) is 29.8 Å². The maximum Gasteiger partial charge on any atom is 0.124 e. The summed E-state index contributed by atoms with van der Waals surface area (Å²) in [6.07, 6.45) is 8.26. The van der Waals surface area contributed by atoms with Crippen LogP contribution in [0.25, 0.3) is 0 Å². The van der Waals surface area contributed by atoms with Crippen molar-refractivity contribution in [3.05, 3.63) is 69.5 Å². The van der Waals surface area contributed by atoms with Crippen LogP contribution in [0.3, 0.4) is 0 Å². The minimum atomic E-state index is -1.02. The smallest absolute Gasteiger partial charge is 0.124 e. The predicted molar refractivity (Wildman–Crippen MR) is 150 cm³/mol. The van der Waals surface area contributed by atoms with Crippen molar-refractivity contribution in [3.8, 4) is 0 Å². The number of aliphatic imine (C=N–C) groups is 1. The molecule has 2 unspecified atom stereocenters. The average Bonchev–Trinajstić information content (AvgIpc) is 3.51. The Morgan fingerprint density at radius 3 is 2.87 bits per heavy atom. The highest BCUT2D eigenvalue weighted by molar-refractivity contribution is 8.03. The minimum Gasteiger partial charge on any atom is -0.388 e. The molecule has 0 saturated carbocycles. The molecule has 0 aromatic heterocycles. The van der Waals surface area contributed by atoms with Crippen LogP contribution in [0, 0.1) is 17.1 Å². The quantitative estimate of drug-likeness (QED) is 0.343. The van der Waals surface area contributed by atoms with Crippen LogP contribution in [0.5, 0.6) is 0 Å². The normalized spacial score (nSPS) is 28.8. The number of aliphatic hydroxyl groups is 1. The molecule has 0 bridgehead atoms. The summed E-state index contributed by atoms with van der Waals surface area (Å²) in [6, 6.07) is 3.63. The van der Waals surface area contributed by atoms with Crippen LogP contribution in [0.1, 0.15) is 57.1 Å². The number of benzene rings is 1. The third-order valence-corrected chi connectivity index (χ3v) is 9.09.